The average molecular weight is 318 g/mol. The van der Waals surface area contributed by atoms with Crippen molar-refractivity contribution in [2.75, 3.05) is 12.4 Å². The first-order valence-corrected chi connectivity index (χ1v) is 8.41. The van der Waals surface area contributed by atoms with Crippen molar-refractivity contribution in [1.29, 1.82) is 0 Å². The molecule has 110 valence electrons. The minimum Gasteiger partial charge on any atom is -0.377 e. The Kier molecular flexibility index (Phi) is 5.01. The minimum absolute atomic E-state index is 0.195. The van der Waals surface area contributed by atoms with Gasteiger partial charge in [0.1, 0.15) is 0 Å². The van der Waals surface area contributed by atoms with Crippen molar-refractivity contribution in [3.8, 4) is 0 Å². The van der Waals surface area contributed by atoms with E-state index in [9.17, 15) is 13.2 Å². The SMILES string of the molecule is O=C(NS(=O)(=O)C[C@@H]1CCCCO1)c1cccc(Cl)c1. The van der Waals surface area contributed by atoms with Crippen LogP contribution in [-0.4, -0.2) is 32.8 Å². The first-order valence-electron chi connectivity index (χ1n) is 6.38. The third-order valence-corrected chi connectivity index (χ3v) is 4.56. The number of sulfonamides is 1. The van der Waals surface area contributed by atoms with Gasteiger partial charge < -0.3 is 4.74 Å². The fourth-order valence-corrected chi connectivity index (χ4v) is 3.48. The fraction of sp³-hybridized carbons (Fsp3) is 0.462. The molecular formula is C13H16ClNO4S. The average Bonchev–Trinajstić information content (AvgIpc) is 2.38. The normalized spacial score (nSPS) is 19.6. The summed E-state index contributed by atoms with van der Waals surface area (Å²) in [6, 6.07) is 6.13. The van der Waals surface area contributed by atoms with Crippen LogP contribution >= 0.6 is 11.6 Å². The van der Waals surface area contributed by atoms with Gasteiger partial charge in [-0.05, 0) is 37.5 Å². The van der Waals surface area contributed by atoms with Crippen molar-refractivity contribution < 1.29 is 17.9 Å². The fourth-order valence-electron chi connectivity index (χ4n) is 2.06. The number of carbonyl (C=O) groups excluding carboxylic acids is 1. The number of hydrogen-bond acceptors (Lipinski definition) is 4. The summed E-state index contributed by atoms with van der Waals surface area (Å²) in [6.07, 6.45) is 2.26. The van der Waals surface area contributed by atoms with Crippen molar-refractivity contribution in [2.24, 2.45) is 0 Å². The van der Waals surface area contributed by atoms with Gasteiger partial charge in [-0.1, -0.05) is 17.7 Å². The molecule has 0 unspecified atom stereocenters. The molecule has 7 heteroatoms. The van der Waals surface area contributed by atoms with Crippen molar-refractivity contribution >= 4 is 27.5 Å². The maximum atomic E-state index is 11.9. The smallest absolute Gasteiger partial charge is 0.264 e. The molecule has 2 rings (SSSR count). The molecule has 1 aromatic rings. The third-order valence-electron chi connectivity index (χ3n) is 3.01. The van der Waals surface area contributed by atoms with E-state index in [1.807, 2.05) is 4.72 Å². The summed E-state index contributed by atoms with van der Waals surface area (Å²) < 4.78 is 31.3. The molecule has 0 bridgehead atoms. The van der Waals surface area contributed by atoms with Gasteiger partial charge in [0.15, 0.2) is 0 Å². The first kappa shape index (κ1) is 15.3. The van der Waals surface area contributed by atoms with E-state index < -0.39 is 15.9 Å². The second-order valence-electron chi connectivity index (χ2n) is 4.71. The molecule has 0 aliphatic carbocycles. The molecule has 0 saturated carbocycles. The number of ether oxygens (including phenoxy) is 1. The van der Waals surface area contributed by atoms with E-state index in [1.165, 1.54) is 12.1 Å². The number of benzene rings is 1. The number of amides is 1. The number of carbonyl (C=O) groups is 1. The molecule has 0 aromatic heterocycles. The van der Waals surface area contributed by atoms with Gasteiger partial charge in [0, 0.05) is 17.2 Å². The van der Waals surface area contributed by atoms with Crippen LogP contribution in [0.2, 0.25) is 5.02 Å². The lowest BCUT2D eigenvalue weighted by molar-refractivity contribution is 0.0304. The molecule has 1 aliphatic heterocycles. The molecule has 5 nitrogen and oxygen atoms in total. The monoisotopic (exact) mass is 317 g/mol. The largest absolute Gasteiger partial charge is 0.377 e. The van der Waals surface area contributed by atoms with Gasteiger partial charge in [-0.2, -0.15) is 0 Å². The van der Waals surface area contributed by atoms with E-state index in [0.717, 1.165) is 12.8 Å². The Morgan fingerprint density at radius 3 is 2.85 bits per heavy atom. The summed E-state index contributed by atoms with van der Waals surface area (Å²) in [7, 11) is -3.71. The van der Waals surface area contributed by atoms with Gasteiger partial charge in [-0.25, -0.2) is 13.1 Å². The quantitative estimate of drug-likeness (QED) is 0.921. The van der Waals surface area contributed by atoms with E-state index in [2.05, 4.69) is 0 Å². The molecular weight excluding hydrogens is 302 g/mol. The number of halogens is 1. The molecule has 1 fully saturated rings. The van der Waals surface area contributed by atoms with Gasteiger partial charge in [0.25, 0.3) is 5.91 Å². The molecule has 0 radical (unpaired) electrons. The van der Waals surface area contributed by atoms with Crippen LogP contribution in [0.1, 0.15) is 29.6 Å². The molecule has 0 spiro atoms. The molecule has 1 aliphatic rings. The standard InChI is InChI=1S/C13H16ClNO4S/c14-11-5-3-4-10(8-11)13(16)15-20(17,18)9-12-6-1-2-7-19-12/h3-5,8,12H,1-2,6-7,9H2,(H,15,16)/t12-/m0/s1. The second-order valence-corrected chi connectivity index (χ2v) is 6.91. The summed E-state index contributed by atoms with van der Waals surface area (Å²) in [5, 5.41) is 0.380. The zero-order chi connectivity index (χ0) is 14.6. The predicted octanol–water partition coefficient (Wildman–Crippen LogP) is 1.97. The molecule has 1 atom stereocenters. The van der Waals surface area contributed by atoms with Crippen molar-refractivity contribution in [3.05, 3.63) is 34.9 Å². The van der Waals surface area contributed by atoms with Crippen LogP contribution < -0.4 is 4.72 Å². The first-order chi connectivity index (χ1) is 9.46. The van der Waals surface area contributed by atoms with Gasteiger partial charge in [-0.15, -0.1) is 0 Å². The Labute approximate surface area is 123 Å². The van der Waals surface area contributed by atoms with Gasteiger partial charge >= 0.3 is 0 Å². The van der Waals surface area contributed by atoms with Crippen LogP contribution in [0.25, 0.3) is 0 Å². The summed E-state index contributed by atoms with van der Waals surface area (Å²) in [4.78, 5) is 11.9. The van der Waals surface area contributed by atoms with Crippen molar-refractivity contribution in [3.63, 3.8) is 0 Å². The number of nitrogens with one attached hydrogen (secondary N) is 1. The van der Waals surface area contributed by atoms with Crippen LogP contribution in [0.15, 0.2) is 24.3 Å². The number of rotatable bonds is 4. The van der Waals surface area contributed by atoms with E-state index >= 15 is 0 Å². The lowest BCUT2D eigenvalue weighted by Crippen LogP contribution is -2.38. The highest BCUT2D eigenvalue weighted by Gasteiger charge is 2.24. The number of hydrogen-bond donors (Lipinski definition) is 1. The minimum atomic E-state index is -3.71. The Morgan fingerprint density at radius 1 is 1.40 bits per heavy atom. The lowest BCUT2D eigenvalue weighted by Gasteiger charge is -2.22. The molecule has 1 heterocycles. The highest BCUT2D eigenvalue weighted by atomic mass is 35.5. The van der Waals surface area contributed by atoms with Crippen LogP contribution in [0.3, 0.4) is 0 Å². The van der Waals surface area contributed by atoms with Gasteiger partial charge in [0.2, 0.25) is 10.0 Å². The van der Waals surface area contributed by atoms with Crippen LogP contribution in [0.5, 0.6) is 0 Å². The Hall–Kier alpha value is -1.11. The Morgan fingerprint density at radius 2 is 2.20 bits per heavy atom. The highest BCUT2D eigenvalue weighted by molar-refractivity contribution is 7.90. The summed E-state index contributed by atoms with van der Waals surface area (Å²) in [6.45, 7) is 0.572. The summed E-state index contributed by atoms with van der Waals surface area (Å²) in [5.74, 6) is -0.873. The van der Waals surface area contributed by atoms with E-state index in [4.69, 9.17) is 16.3 Å². The lowest BCUT2D eigenvalue weighted by atomic mass is 10.1. The maximum Gasteiger partial charge on any atom is 0.264 e. The predicted molar refractivity (Wildman–Crippen MR) is 76.3 cm³/mol. The zero-order valence-corrected chi connectivity index (χ0v) is 12.4. The summed E-state index contributed by atoms with van der Waals surface area (Å²) in [5.41, 5.74) is 0.214. The molecule has 1 amide bonds. The van der Waals surface area contributed by atoms with Crippen LogP contribution in [0, 0.1) is 0 Å². The third kappa shape index (κ3) is 4.47. The van der Waals surface area contributed by atoms with Crippen LogP contribution in [-0.2, 0) is 14.8 Å². The van der Waals surface area contributed by atoms with E-state index in [-0.39, 0.29) is 17.4 Å². The topological polar surface area (TPSA) is 72.5 Å². The Balaban J connectivity index is 1.98. The molecule has 1 saturated heterocycles. The van der Waals surface area contributed by atoms with Crippen molar-refractivity contribution in [2.45, 2.75) is 25.4 Å². The second kappa shape index (κ2) is 6.56. The highest BCUT2D eigenvalue weighted by Crippen LogP contribution is 2.15. The maximum absolute atomic E-state index is 11.9. The molecule has 1 N–H and O–H groups in total. The van der Waals surface area contributed by atoms with Crippen molar-refractivity contribution in [1.82, 2.24) is 4.72 Å². The molecule has 20 heavy (non-hydrogen) atoms. The van der Waals surface area contributed by atoms with Gasteiger partial charge in [0.05, 0.1) is 11.9 Å². The van der Waals surface area contributed by atoms with Gasteiger partial charge in [-0.3, -0.25) is 4.79 Å². The Bertz CT molecular complexity index is 582. The van der Waals surface area contributed by atoms with Crippen LogP contribution in [0.4, 0.5) is 0 Å². The van der Waals surface area contributed by atoms with E-state index in [0.29, 0.717) is 18.1 Å². The molecule has 1 aromatic carbocycles. The zero-order valence-electron chi connectivity index (χ0n) is 10.8. The summed E-state index contributed by atoms with van der Waals surface area (Å²) >= 11 is 5.77. The van der Waals surface area contributed by atoms with E-state index in [1.54, 1.807) is 12.1 Å².